The van der Waals surface area contributed by atoms with Crippen LogP contribution in [0.4, 0.5) is 33.5 Å². The summed E-state index contributed by atoms with van der Waals surface area (Å²) in [4.78, 5) is 65.2. The summed E-state index contributed by atoms with van der Waals surface area (Å²) in [5.41, 5.74) is 1.86. The van der Waals surface area contributed by atoms with Gasteiger partial charge >= 0.3 is 6.09 Å². The summed E-state index contributed by atoms with van der Waals surface area (Å²) in [6, 6.07) is 29.4. The SMILES string of the molecule is CC(=O)N(Cc1cccc([N+](=O)[O-])c1)c1nc(OC(=O)N(c2ccccc2)c2ccccc2)c2nc(Br)n(Cc3cccc([N+](=O)[O-])c3)c2n1. The molecule has 4 aromatic carbocycles. The Morgan fingerprint density at radius 1 is 0.780 bits per heavy atom. The van der Waals surface area contributed by atoms with E-state index in [4.69, 9.17) is 4.74 Å². The first-order chi connectivity index (χ1) is 24.1. The Morgan fingerprint density at radius 2 is 1.34 bits per heavy atom. The van der Waals surface area contributed by atoms with E-state index in [1.165, 1.54) is 47.1 Å². The zero-order chi connectivity index (χ0) is 35.4. The molecule has 0 atom stereocenters. The number of hydrogen-bond donors (Lipinski definition) is 0. The van der Waals surface area contributed by atoms with Gasteiger partial charge in [0.25, 0.3) is 17.3 Å². The minimum atomic E-state index is -0.842. The molecule has 0 aliphatic rings. The number of hydrogen-bond acceptors (Lipinski definition) is 10. The van der Waals surface area contributed by atoms with Gasteiger partial charge in [0, 0.05) is 31.2 Å². The van der Waals surface area contributed by atoms with E-state index >= 15 is 0 Å². The molecule has 50 heavy (non-hydrogen) atoms. The van der Waals surface area contributed by atoms with Gasteiger partial charge in [-0.1, -0.05) is 60.7 Å². The van der Waals surface area contributed by atoms with Gasteiger partial charge in [-0.25, -0.2) is 14.7 Å². The predicted molar refractivity (Wildman–Crippen MR) is 186 cm³/mol. The molecule has 0 N–H and O–H groups in total. The van der Waals surface area contributed by atoms with Crippen molar-refractivity contribution in [3.05, 3.63) is 145 Å². The smallest absolute Gasteiger partial charge is 0.388 e. The van der Waals surface area contributed by atoms with Gasteiger partial charge in [-0.05, 0) is 51.3 Å². The van der Waals surface area contributed by atoms with Crippen LogP contribution < -0.4 is 14.5 Å². The fourth-order valence-electron chi connectivity index (χ4n) is 5.14. The summed E-state index contributed by atoms with van der Waals surface area (Å²) < 4.78 is 7.77. The summed E-state index contributed by atoms with van der Waals surface area (Å²) in [5, 5.41) is 22.9. The molecule has 0 aliphatic heterocycles. The van der Waals surface area contributed by atoms with E-state index in [0.29, 0.717) is 22.5 Å². The van der Waals surface area contributed by atoms with E-state index in [1.807, 2.05) is 12.1 Å². The van der Waals surface area contributed by atoms with Crippen LogP contribution in [0, 0.1) is 20.2 Å². The maximum absolute atomic E-state index is 14.0. The van der Waals surface area contributed by atoms with Gasteiger partial charge in [0.15, 0.2) is 15.9 Å². The van der Waals surface area contributed by atoms with E-state index in [0.717, 1.165) is 0 Å². The van der Waals surface area contributed by atoms with Crippen LogP contribution in [0.1, 0.15) is 18.1 Å². The second-order valence-corrected chi connectivity index (χ2v) is 11.5. The summed E-state index contributed by atoms with van der Waals surface area (Å²) in [6.45, 7) is 1.17. The number of nitrogens with zero attached hydrogens (tertiary/aromatic N) is 8. The number of nitro groups is 2. The lowest BCUT2D eigenvalue weighted by molar-refractivity contribution is -0.385. The maximum Gasteiger partial charge on any atom is 0.425 e. The molecule has 0 bridgehead atoms. The normalized spacial score (nSPS) is 10.8. The fourth-order valence-corrected chi connectivity index (χ4v) is 5.61. The number of benzene rings is 4. The van der Waals surface area contributed by atoms with Gasteiger partial charge in [0.2, 0.25) is 11.9 Å². The number of non-ortho nitro benzene ring substituents is 2. The van der Waals surface area contributed by atoms with Crippen molar-refractivity contribution in [2.75, 3.05) is 9.80 Å². The molecule has 250 valence electrons. The fraction of sp³-hybridized carbons (Fsp3) is 0.0882. The van der Waals surface area contributed by atoms with Crippen LogP contribution in [-0.2, 0) is 17.9 Å². The summed E-state index contributed by atoms with van der Waals surface area (Å²) >= 11 is 3.44. The minimum absolute atomic E-state index is 0.0493. The molecule has 16 heteroatoms. The number of imidazole rings is 1. The van der Waals surface area contributed by atoms with Gasteiger partial charge in [0.05, 0.1) is 34.3 Å². The Morgan fingerprint density at radius 3 is 1.90 bits per heavy atom. The lowest BCUT2D eigenvalue weighted by atomic mass is 10.2. The third-order valence-electron chi connectivity index (χ3n) is 7.45. The molecular weight excluding hydrogens is 712 g/mol. The van der Waals surface area contributed by atoms with Crippen molar-refractivity contribution in [1.29, 1.82) is 0 Å². The topological polar surface area (TPSA) is 180 Å². The van der Waals surface area contributed by atoms with E-state index in [2.05, 4.69) is 30.9 Å². The lowest BCUT2D eigenvalue weighted by Crippen LogP contribution is -2.31. The molecule has 2 amide bonds. The first-order valence-electron chi connectivity index (χ1n) is 14.9. The average molecular weight is 738 g/mol. The van der Waals surface area contributed by atoms with Crippen molar-refractivity contribution in [3.8, 4) is 5.88 Å². The summed E-state index contributed by atoms with van der Waals surface area (Å²) in [7, 11) is 0. The van der Waals surface area contributed by atoms with Crippen molar-refractivity contribution in [2.45, 2.75) is 20.0 Å². The lowest BCUT2D eigenvalue weighted by Gasteiger charge is -2.23. The Labute approximate surface area is 291 Å². The maximum atomic E-state index is 14.0. The average Bonchev–Trinajstić information content (AvgIpc) is 3.42. The van der Waals surface area contributed by atoms with E-state index in [1.54, 1.807) is 71.3 Å². The number of fused-ring (bicyclic) bond motifs is 1. The van der Waals surface area contributed by atoms with Gasteiger partial charge < -0.3 is 4.74 Å². The number of carbonyl (C=O) groups excluding carboxylic acids is 2. The van der Waals surface area contributed by atoms with Crippen LogP contribution in [0.25, 0.3) is 11.2 Å². The minimum Gasteiger partial charge on any atom is -0.388 e. The third-order valence-corrected chi connectivity index (χ3v) is 8.05. The second kappa shape index (κ2) is 14.3. The zero-order valence-corrected chi connectivity index (χ0v) is 27.7. The quantitative estimate of drug-likeness (QED) is 0.0784. The highest BCUT2D eigenvalue weighted by Gasteiger charge is 2.28. The molecule has 2 aromatic heterocycles. The third kappa shape index (κ3) is 7.14. The summed E-state index contributed by atoms with van der Waals surface area (Å²) in [5.74, 6) is -0.972. The highest BCUT2D eigenvalue weighted by Crippen LogP contribution is 2.32. The molecule has 0 radical (unpaired) electrons. The Hall–Kier alpha value is -6.55. The van der Waals surface area contributed by atoms with Crippen molar-refractivity contribution < 1.29 is 24.2 Å². The predicted octanol–water partition coefficient (Wildman–Crippen LogP) is 7.34. The van der Waals surface area contributed by atoms with Crippen LogP contribution in [0.3, 0.4) is 0 Å². The van der Waals surface area contributed by atoms with E-state index in [-0.39, 0.29) is 52.2 Å². The van der Waals surface area contributed by atoms with Crippen LogP contribution >= 0.6 is 15.9 Å². The molecule has 0 unspecified atom stereocenters. The monoisotopic (exact) mass is 736 g/mol. The van der Waals surface area contributed by atoms with E-state index in [9.17, 15) is 29.8 Å². The molecule has 6 aromatic rings. The molecule has 0 spiro atoms. The first-order valence-corrected chi connectivity index (χ1v) is 15.7. The molecular formula is C34H25BrN8O7. The number of ether oxygens (including phenoxy) is 1. The molecule has 0 fully saturated rings. The van der Waals surface area contributed by atoms with Gasteiger partial charge in [-0.15, -0.1) is 0 Å². The van der Waals surface area contributed by atoms with Gasteiger partial charge in [0.1, 0.15) is 0 Å². The van der Waals surface area contributed by atoms with Crippen LogP contribution in [0.15, 0.2) is 114 Å². The van der Waals surface area contributed by atoms with Crippen molar-refractivity contribution in [3.63, 3.8) is 0 Å². The molecule has 15 nitrogen and oxygen atoms in total. The van der Waals surface area contributed by atoms with Crippen molar-refractivity contribution in [1.82, 2.24) is 19.5 Å². The molecule has 6 rings (SSSR count). The number of halogens is 1. The van der Waals surface area contributed by atoms with Crippen molar-refractivity contribution >= 4 is 67.8 Å². The number of nitro benzene ring substituents is 2. The van der Waals surface area contributed by atoms with Gasteiger partial charge in [-0.3, -0.25) is 34.5 Å². The highest BCUT2D eigenvalue weighted by molar-refractivity contribution is 9.10. The van der Waals surface area contributed by atoms with Crippen LogP contribution in [-0.4, -0.2) is 41.4 Å². The standard InChI is InChI=1S/C34H25BrN8O7/c1-22(44)39(20-23-10-8-16-27(18-23)42(46)47)33-37-30-29(36-32(35)40(30)21-24-11-9-17-28(19-24)43(48)49)31(38-33)50-34(45)41(25-12-4-2-5-13-25)26-14-6-3-7-15-26/h2-19H,20-21H2,1H3. The van der Waals surface area contributed by atoms with E-state index < -0.39 is 21.8 Å². The van der Waals surface area contributed by atoms with Gasteiger partial charge in [-0.2, -0.15) is 9.97 Å². The van der Waals surface area contributed by atoms with Crippen LogP contribution in [0.2, 0.25) is 0 Å². The summed E-state index contributed by atoms with van der Waals surface area (Å²) in [6.07, 6.45) is -0.842. The van der Waals surface area contributed by atoms with Crippen LogP contribution in [0.5, 0.6) is 5.88 Å². The highest BCUT2D eigenvalue weighted by atomic mass is 79.9. The second-order valence-electron chi connectivity index (χ2n) is 10.8. The number of anilines is 3. The number of rotatable bonds is 10. The number of para-hydroxylation sites is 2. The Kier molecular flexibility index (Phi) is 9.53. The molecule has 2 heterocycles. The number of aromatic nitrogens is 4. The molecule has 0 saturated heterocycles. The number of carbonyl (C=O) groups is 2. The molecule has 0 saturated carbocycles. The number of amides is 2. The first kappa shape index (κ1) is 33.4. The van der Waals surface area contributed by atoms with Crippen molar-refractivity contribution in [2.24, 2.45) is 0 Å². The molecule has 0 aliphatic carbocycles. The Bertz CT molecular complexity index is 2210. The Balaban J connectivity index is 1.49. The zero-order valence-electron chi connectivity index (χ0n) is 26.1. The largest absolute Gasteiger partial charge is 0.425 e.